The van der Waals surface area contributed by atoms with Crippen molar-refractivity contribution in [3.05, 3.63) is 29.8 Å². The smallest absolute Gasteiger partial charge is 0.235 e. The molecule has 2 aromatic rings. The summed E-state index contributed by atoms with van der Waals surface area (Å²) in [6, 6.07) is 7.96. The molecule has 0 saturated carbocycles. The maximum absolute atomic E-state index is 12.7. The van der Waals surface area contributed by atoms with Gasteiger partial charge in [-0.3, -0.25) is 4.79 Å². The lowest BCUT2D eigenvalue weighted by atomic mass is 10.2. The van der Waals surface area contributed by atoms with Gasteiger partial charge in [0.15, 0.2) is 0 Å². The number of hydrogen-bond acceptors (Lipinski definition) is 5. The number of hydrogen-bond donors (Lipinski definition) is 0. The van der Waals surface area contributed by atoms with E-state index in [1.165, 1.54) is 24.6 Å². The van der Waals surface area contributed by atoms with Crippen LogP contribution in [0.1, 0.15) is 38.2 Å². The van der Waals surface area contributed by atoms with Gasteiger partial charge in [-0.05, 0) is 48.7 Å². The van der Waals surface area contributed by atoms with E-state index in [0.29, 0.717) is 5.16 Å². The molecule has 3 rings (SSSR count). The lowest BCUT2D eigenvalue weighted by Gasteiger charge is -2.23. The van der Waals surface area contributed by atoms with Crippen LogP contribution >= 0.6 is 11.8 Å². The molecule has 0 bridgehead atoms. The highest BCUT2D eigenvalue weighted by Gasteiger charge is 2.24. The number of aryl methyl sites for hydroxylation is 1. The minimum absolute atomic E-state index is 0.182. The Morgan fingerprint density at radius 1 is 1.17 bits per heavy atom. The fourth-order valence-corrected chi connectivity index (χ4v) is 3.85. The van der Waals surface area contributed by atoms with Crippen LogP contribution in [-0.4, -0.2) is 49.4 Å². The number of nitrogens with zero attached hydrogens (tertiary/aromatic N) is 5. The molecule has 1 saturated heterocycles. The molecule has 0 N–H and O–H groups in total. The van der Waals surface area contributed by atoms with Crippen molar-refractivity contribution < 1.29 is 4.79 Å². The molecule has 1 atom stereocenters. The van der Waals surface area contributed by atoms with Crippen LogP contribution in [0.5, 0.6) is 0 Å². The first-order valence-corrected chi connectivity index (χ1v) is 9.34. The number of carbonyl (C=O) groups is 1. The molecule has 1 aromatic carbocycles. The molecule has 0 unspecified atom stereocenters. The summed E-state index contributed by atoms with van der Waals surface area (Å²) in [5.41, 5.74) is 2.04. The van der Waals surface area contributed by atoms with Gasteiger partial charge in [-0.2, -0.15) is 4.68 Å². The predicted molar refractivity (Wildman–Crippen MR) is 94.3 cm³/mol. The lowest BCUT2D eigenvalue weighted by Crippen LogP contribution is -2.37. The van der Waals surface area contributed by atoms with Crippen molar-refractivity contribution in [2.24, 2.45) is 0 Å². The monoisotopic (exact) mass is 345 g/mol. The first-order chi connectivity index (χ1) is 11.7. The first-order valence-electron chi connectivity index (χ1n) is 8.46. The van der Waals surface area contributed by atoms with Crippen molar-refractivity contribution in [3.8, 4) is 5.69 Å². The Kier molecular flexibility index (Phi) is 5.50. The summed E-state index contributed by atoms with van der Waals surface area (Å²) in [4.78, 5) is 14.7. The highest BCUT2D eigenvalue weighted by molar-refractivity contribution is 8.00. The topological polar surface area (TPSA) is 63.9 Å². The van der Waals surface area contributed by atoms with Crippen molar-refractivity contribution >= 4 is 17.7 Å². The third-order valence-corrected chi connectivity index (χ3v) is 5.35. The Morgan fingerprint density at radius 2 is 1.88 bits per heavy atom. The van der Waals surface area contributed by atoms with E-state index in [2.05, 4.69) is 15.5 Å². The number of thioether (sulfide) groups is 1. The van der Waals surface area contributed by atoms with Gasteiger partial charge < -0.3 is 4.90 Å². The third kappa shape index (κ3) is 3.77. The van der Waals surface area contributed by atoms with Crippen LogP contribution in [0.4, 0.5) is 0 Å². The Balaban J connectivity index is 1.73. The molecule has 1 aliphatic rings. The highest BCUT2D eigenvalue weighted by Crippen LogP contribution is 2.26. The second-order valence-electron chi connectivity index (χ2n) is 6.16. The summed E-state index contributed by atoms with van der Waals surface area (Å²) < 4.78 is 1.71. The fraction of sp³-hybridized carbons (Fsp3) is 0.529. The van der Waals surface area contributed by atoms with Gasteiger partial charge in [-0.15, -0.1) is 5.10 Å². The van der Waals surface area contributed by atoms with Gasteiger partial charge in [0.05, 0.1) is 10.9 Å². The average molecular weight is 345 g/mol. The fourth-order valence-electron chi connectivity index (χ4n) is 2.96. The number of carbonyl (C=O) groups excluding carboxylic acids is 1. The normalized spacial score (nSPS) is 16.7. The van der Waals surface area contributed by atoms with E-state index in [1.54, 1.807) is 4.68 Å². The Bertz CT molecular complexity index is 694. The second-order valence-corrected chi connectivity index (χ2v) is 7.47. The molecule has 0 radical (unpaired) electrons. The van der Waals surface area contributed by atoms with E-state index in [-0.39, 0.29) is 11.2 Å². The van der Waals surface area contributed by atoms with Crippen molar-refractivity contribution in [1.29, 1.82) is 0 Å². The number of para-hydroxylation sites is 1. The highest BCUT2D eigenvalue weighted by atomic mass is 32.2. The SMILES string of the molecule is Cc1ccccc1-n1nnnc1S[C@@H](C)C(=O)N1CCCCCC1. The van der Waals surface area contributed by atoms with Crippen LogP contribution in [0.2, 0.25) is 0 Å². The molecule has 1 aromatic heterocycles. The molecule has 7 heteroatoms. The summed E-state index contributed by atoms with van der Waals surface area (Å²) in [6.07, 6.45) is 4.64. The van der Waals surface area contributed by atoms with Gasteiger partial charge in [0.25, 0.3) is 0 Å². The summed E-state index contributed by atoms with van der Waals surface area (Å²) in [6.45, 7) is 5.70. The van der Waals surface area contributed by atoms with Crippen LogP contribution in [0.3, 0.4) is 0 Å². The number of aromatic nitrogens is 4. The molecule has 128 valence electrons. The van der Waals surface area contributed by atoms with E-state index in [9.17, 15) is 4.79 Å². The second kappa shape index (κ2) is 7.79. The summed E-state index contributed by atoms with van der Waals surface area (Å²) >= 11 is 1.42. The van der Waals surface area contributed by atoms with Gasteiger partial charge >= 0.3 is 0 Å². The number of likely N-dealkylation sites (tertiary alicyclic amines) is 1. The predicted octanol–water partition coefficient (Wildman–Crippen LogP) is 2.85. The van der Waals surface area contributed by atoms with E-state index in [0.717, 1.165) is 37.2 Å². The zero-order chi connectivity index (χ0) is 16.9. The average Bonchev–Trinajstić information content (AvgIpc) is 2.86. The standard InChI is InChI=1S/C17H23N5OS/c1-13-9-5-6-10-15(13)22-17(18-19-20-22)24-14(2)16(23)21-11-7-3-4-8-12-21/h5-6,9-10,14H,3-4,7-8,11-12H2,1-2H3/t14-/m0/s1. The maximum atomic E-state index is 12.7. The van der Waals surface area contributed by atoms with E-state index in [1.807, 2.05) is 43.0 Å². The number of rotatable bonds is 4. The molecule has 2 heterocycles. The van der Waals surface area contributed by atoms with E-state index >= 15 is 0 Å². The van der Waals surface area contributed by atoms with Gasteiger partial charge in [-0.25, -0.2) is 0 Å². The van der Waals surface area contributed by atoms with Crippen molar-refractivity contribution in [2.75, 3.05) is 13.1 Å². The van der Waals surface area contributed by atoms with Crippen LogP contribution in [0, 0.1) is 6.92 Å². The number of tetrazole rings is 1. The van der Waals surface area contributed by atoms with Gasteiger partial charge in [-0.1, -0.05) is 42.8 Å². The molecule has 0 aliphatic carbocycles. The minimum atomic E-state index is -0.197. The van der Waals surface area contributed by atoms with Crippen LogP contribution in [-0.2, 0) is 4.79 Å². The Morgan fingerprint density at radius 3 is 2.58 bits per heavy atom. The van der Waals surface area contributed by atoms with Crippen LogP contribution in [0.25, 0.3) is 5.69 Å². The molecular formula is C17H23N5OS. The largest absolute Gasteiger partial charge is 0.342 e. The third-order valence-electron chi connectivity index (χ3n) is 4.33. The van der Waals surface area contributed by atoms with Gasteiger partial charge in [0, 0.05) is 13.1 Å². The maximum Gasteiger partial charge on any atom is 0.235 e. The van der Waals surface area contributed by atoms with Crippen LogP contribution in [0.15, 0.2) is 29.4 Å². The molecular weight excluding hydrogens is 322 g/mol. The lowest BCUT2D eigenvalue weighted by molar-refractivity contribution is -0.130. The number of benzene rings is 1. The van der Waals surface area contributed by atoms with E-state index in [4.69, 9.17) is 0 Å². The molecule has 0 spiro atoms. The van der Waals surface area contributed by atoms with Crippen molar-refractivity contribution in [2.45, 2.75) is 49.9 Å². The summed E-state index contributed by atoms with van der Waals surface area (Å²) in [7, 11) is 0. The molecule has 24 heavy (non-hydrogen) atoms. The Labute approximate surface area is 146 Å². The summed E-state index contributed by atoms with van der Waals surface area (Å²) in [5.74, 6) is 0.182. The first kappa shape index (κ1) is 17.0. The molecule has 1 fully saturated rings. The Hall–Kier alpha value is -1.89. The molecule has 1 aliphatic heterocycles. The van der Waals surface area contributed by atoms with Gasteiger partial charge in [0.1, 0.15) is 0 Å². The quantitative estimate of drug-likeness (QED) is 0.797. The number of amides is 1. The van der Waals surface area contributed by atoms with Gasteiger partial charge in [0.2, 0.25) is 11.1 Å². The minimum Gasteiger partial charge on any atom is -0.342 e. The van der Waals surface area contributed by atoms with E-state index < -0.39 is 0 Å². The summed E-state index contributed by atoms with van der Waals surface area (Å²) in [5, 5.41) is 12.5. The molecule has 6 nitrogen and oxygen atoms in total. The zero-order valence-corrected chi connectivity index (χ0v) is 15.0. The van der Waals surface area contributed by atoms with Crippen molar-refractivity contribution in [1.82, 2.24) is 25.1 Å². The molecule has 1 amide bonds. The van der Waals surface area contributed by atoms with Crippen LogP contribution < -0.4 is 0 Å². The van der Waals surface area contributed by atoms with Crippen molar-refractivity contribution in [3.63, 3.8) is 0 Å². The zero-order valence-electron chi connectivity index (χ0n) is 14.2.